The summed E-state index contributed by atoms with van der Waals surface area (Å²) in [4.78, 5) is 14.1. The summed E-state index contributed by atoms with van der Waals surface area (Å²) in [5, 5.41) is 9.74. The van der Waals surface area contributed by atoms with Crippen molar-refractivity contribution in [3.63, 3.8) is 0 Å². The van der Waals surface area contributed by atoms with Crippen molar-refractivity contribution in [1.29, 1.82) is 0 Å². The summed E-state index contributed by atoms with van der Waals surface area (Å²) in [6.45, 7) is 9.60. The van der Waals surface area contributed by atoms with Gasteiger partial charge >= 0.3 is 14.8 Å². The molecule has 1 rings (SSSR count). The molecule has 27 heavy (non-hydrogen) atoms. The number of ether oxygens (including phenoxy) is 1. The van der Waals surface area contributed by atoms with Crippen molar-refractivity contribution in [2.24, 2.45) is 5.92 Å². The van der Waals surface area contributed by atoms with Crippen molar-refractivity contribution in [1.82, 2.24) is 4.90 Å². The minimum atomic E-state index is -2.90. The predicted molar refractivity (Wildman–Crippen MR) is 107 cm³/mol. The van der Waals surface area contributed by atoms with E-state index in [-0.39, 0.29) is 6.10 Å². The molecule has 7 nitrogen and oxygen atoms in total. The van der Waals surface area contributed by atoms with Crippen molar-refractivity contribution in [2.45, 2.75) is 71.9 Å². The molecule has 0 aromatic heterocycles. The highest BCUT2D eigenvalue weighted by atomic mass is 28.4. The number of nitrogens with zero attached hydrogens (tertiary/aromatic N) is 1. The summed E-state index contributed by atoms with van der Waals surface area (Å²) >= 11 is 0. The average Bonchev–Trinajstić information content (AvgIpc) is 2.65. The van der Waals surface area contributed by atoms with Gasteiger partial charge in [-0.15, -0.1) is 0 Å². The van der Waals surface area contributed by atoms with Gasteiger partial charge in [0.2, 0.25) is 0 Å². The number of rotatable bonds is 14. The Kier molecular flexibility index (Phi) is 11.7. The quantitative estimate of drug-likeness (QED) is 0.445. The second-order valence-electron chi connectivity index (χ2n) is 7.09. The van der Waals surface area contributed by atoms with Gasteiger partial charge in [-0.1, -0.05) is 19.3 Å². The van der Waals surface area contributed by atoms with Crippen LogP contribution in [0.5, 0.6) is 0 Å². The Morgan fingerprint density at radius 1 is 1.07 bits per heavy atom. The van der Waals surface area contributed by atoms with Crippen LogP contribution in [0.15, 0.2) is 0 Å². The van der Waals surface area contributed by atoms with E-state index in [1.165, 1.54) is 19.3 Å². The summed E-state index contributed by atoms with van der Waals surface area (Å²) in [5.74, 6) is -1.44. The van der Waals surface area contributed by atoms with Crippen LogP contribution in [-0.4, -0.2) is 76.6 Å². The fourth-order valence-electron chi connectivity index (χ4n) is 3.80. The van der Waals surface area contributed by atoms with Crippen LogP contribution < -0.4 is 0 Å². The third-order valence-corrected chi connectivity index (χ3v) is 8.25. The first-order valence-corrected chi connectivity index (χ1v) is 12.3. The highest BCUT2D eigenvalue weighted by molar-refractivity contribution is 6.60. The highest BCUT2D eigenvalue weighted by Crippen LogP contribution is 2.26. The van der Waals surface area contributed by atoms with E-state index in [0.29, 0.717) is 38.6 Å². The second-order valence-corrected chi connectivity index (χ2v) is 9.64. The van der Waals surface area contributed by atoms with Crippen LogP contribution in [-0.2, 0) is 22.8 Å². The van der Waals surface area contributed by atoms with Crippen molar-refractivity contribution in [2.75, 3.05) is 39.6 Å². The number of carboxylic acids is 1. The summed E-state index contributed by atoms with van der Waals surface area (Å²) in [6.07, 6.45) is 5.89. The van der Waals surface area contributed by atoms with Crippen LogP contribution >= 0.6 is 0 Å². The van der Waals surface area contributed by atoms with Gasteiger partial charge in [-0.05, 0) is 40.5 Å². The van der Waals surface area contributed by atoms with Crippen LogP contribution in [0.4, 0.5) is 0 Å². The number of hydrogen-bond donors (Lipinski definition) is 1. The smallest absolute Gasteiger partial charge is 0.481 e. The number of aliphatic carboxylic acids is 1. The van der Waals surface area contributed by atoms with Gasteiger partial charge in [0.25, 0.3) is 0 Å². The molecule has 1 saturated carbocycles. The van der Waals surface area contributed by atoms with Gasteiger partial charge in [-0.2, -0.15) is 0 Å². The Hall–Kier alpha value is -0.513. The average molecular weight is 406 g/mol. The lowest BCUT2D eigenvalue weighted by Crippen LogP contribution is -2.59. The van der Waals surface area contributed by atoms with E-state index in [4.69, 9.17) is 18.0 Å². The molecule has 0 saturated heterocycles. The van der Waals surface area contributed by atoms with Gasteiger partial charge < -0.3 is 23.1 Å². The molecule has 1 aliphatic carbocycles. The monoisotopic (exact) mass is 405 g/mol. The largest absolute Gasteiger partial charge is 0.515 e. The maximum atomic E-state index is 11.9. The molecule has 1 fully saturated rings. The lowest BCUT2D eigenvalue weighted by Gasteiger charge is -2.40. The molecule has 0 aliphatic heterocycles. The standard InChI is InChI=1S/C19H39NO6Si/c1-6-24-27(25-7-2,26-8-3)15-20(17-12-10-9-11-13-17)14-18(19(21)22)16(4)23-5/h16-18H,6-15H2,1-5H3,(H,21,22). The van der Waals surface area contributed by atoms with Crippen LogP contribution in [0, 0.1) is 5.92 Å². The Balaban J connectivity index is 3.08. The van der Waals surface area contributed by atoms with E-state index < -0.39 is 20.7 Å². The predicted octanol–water partition coefficient (Wildman–Crippen LogP) is 2.94. The van der Waals surface area contributed by atoms with Crippen LogP contribution in [0.2, 0.25) is 0 Å². The third-order valence-electron chi connectivity index (χ3n) is 5.27. The first-order valence-electron chi connectivity index (χ1n) is 10.3. The molecule has 2 unspecified atom stereocenters. The third kappa shape index (κ3) is 7.79. The topological polar surface area (TPSA) is 77.5 Å². The Bertz CT molecular complexity index is 402. The molecule has 2 atom stereocenters. The second kappa shape index (κ2) is 12.8. The first kappa shape index (κ1) is 24.5. The summed E-state index contributed by atoms with van der Waals surface area (Å²) in [5.41, 5.74) is 0. The van der Waals surface area contributed by atoms with Gasteiger partial charge in [0.15, 0.2) is 0 Å². The summed E-state index contributed by atoms with van der Waals surface area (Å²) in [6, 6.07) is 0.331. The van der Waals surface area contributed by atoms with Gasteiger partial charge in [0.05, 0.1) is 18.2 Å². The molecule has 0 heterocycles. The summed E-state index contributed by atoms with van der Waals surface area (Å²) < 4.78 is 23.4. The zero-order chi connectivity index (χ0) is 20.3. The molecule has 1 aliphatic rings. The van der Waals surface area contributed by atoms with Crippen molar-refractivity contribution < 1.29 is 27.9 Å². The number of hydrogen-bond acceptors (Lipinski definition) is 6. The highest BCUT2D eigenvalue weighted by Gasteiger charge is 2.45. The van der Waals surface area contributed by atoms with E-state index in [9.17, 15) is 9.90 Å². The molecule has 8 heteroatoms. The first-order chi connectivity index (χ1) is 12.9. The Morgan fingerprint density at radius 3 is 2.00 bits per heavy atom. The van der Waals surface area contributed by atoms with Crippen molar-refractivity contribution >= 4 is 14.8 Å². The molecular weight excluding hydrogens is 366 g/mol. The minimum Gasteiger partial charge on any atom is -0.481 e. The van der Waals surface area contributed by atoms with Gasteiger partial charge in [0, 0.05) is 39.5 Å². The van der Waals surface area contributed by atoms with Crippen LogP contribution in [0.1, 0.15) is 59.8 Å². The zero-order valence-corrected chi connectivity index (χ0v) is 18.7. The van der Waals surface area contributed by atoms with Crippen molar-refractivity contribution in [3.05, 3.63) is 0 Å². The van der Waals surface area contributed by atoms with Gasteiger partial charge in [0.1, 0.15) is 0 Å². The minimum absolute atomic E-state index is 0.331. The Morgan fingerprint density at radius 2 is 1.59 bits per heavy atom. The SMILES string of the molecule is CCO[Si](CN(CC(C(=O)O)C(C)OC)C1CCCCC1)(OCC)OCC. The van der Waals surface area contributed by atoms with E-state index in [1.807, 2.05) is 27.7 Å². The molecule has 0 bridgehead atoms. The molecule has 1 N–H and O–H groups in total. The number of carboxylic acid groups (broad SMARTS) is 1. The molecular formula is C19H39NO6Si. The normalized spacial score (nSPS) is 18.6. The lowest BCUT2D eigenvalue weighted by molar-refractivity contribution is -0.147. The Labute approximate surface area is 165 Å². The van der Waals surface area contributed by atoms with E-state index in [1.54, 1.807) is 7.11 Å². The maximum Gasteiger partial charge on any atom is 0.515 e. The molecule has 0 spiro atoms. The van der Waals surface area contributed by atoms with E-state index in [0.717, 1.165) is 12.8 Å². The molecule has 0 radical (unpaired) electrons. The molecule has 0 amide bonds. The summed E-state index contributed by atoms with van der Waals surface area (Å²) in [7, 11) is -1.34. The van der Waals surface area contributed by atoms with Crippen LogP contribution in [0.25, 0.3) is 0 Å². The van der Waals surface area contributed by atoms with E-state index in [2.05, 4.69) is 4.90 Å². The number of carbonyl (C=O) groups is 1. The lowest BCUT2D eigenvalue weighted by atomic mass is 9.93. The molecule has 0 aromatic rings. The fourth-order valence-corrected chi connectivity index (χ4v) is 6.53. The molecule has 0 aromatic carbocycles. The van der Waals surface area contributed by atoms with E-state index >= 15 is 0 Å². The van der Waals surface area contributed by atoms with Crippen LogP contribution in [0.3, 0.4) is 0 Å². The maximum absolute atomic E-state index is 11.9. The zero-order valence-electron chi connectivity index (χ0n) is 17.7. The fraction of sp³-hybridized carbons (Fsp3) is 0.947. The number of methoxy groups -OCH3 is 1. The van der Waals surface area contributed by atoms with Crippen molar-refractivity contribution in [3.8, 4) is 0 Å². The van der Waals surface area contributed by atoms with Gasteiger partial charge in [-0.25, -0.2) is 0 Å². The van der Waals surface area contributed by atoms with Gasteiger partial charge in [-0.3, -0.25) is 9.69 Å². The molecule has 160 valence electrons.